The van der Waals surface area contributed by atoms with Crippen LogP contribution in [0.15, 0.2) is 18.5 Å². The van der Waals surface area contributed by atoms with Crippen molar-refractivity contribution in [2.24, 2.45) is 0 Å². The number of amides is 1. The van der Waals surface area contributed by atoms with Gasteiger partial charge in [-0.15, -0.1) is 0 Å². The minimum absolute atomic E-state index is 0.153. The van der Waals surface area contributed by atoms with Crippen LogP contribution in [0.3, 0.4) is 0 Å². The second-order valence-corrected chi connectivity index (χ2v) is 6.21. The lowest BCUT2D eigenvalue weighted by molar-refractivity contribution is 0.0263. The predicted octanol–water partition coefficient (Wildman–Crippen LogP) is 2.23. The molecule has 6 nitrogen and oxygen atoms in total. The second-order valence-electron chi connectivity index (χ2n) is 6.21. The molecule has 1 amide bonds. The molecule has 1 aromatic rings. The van der Waals surface area contributed by atoms with Gasteiger partial charge in [0.15, 0.2) is 0 Å². The first kappa shape index (κ1) is 15.4. The third kappa shape index (κ3) is 4.51. The molecule has 1 aromatic heterocycles. The normalized spacial score (nSPS) is 16.5. The standard InChI is InChI=1S/C15H23N3O3/c1-15(2,3)21-14(20)18-6-4-5-17(7-8-18)12-9-13(19)11-16-10-12/h9-11,19H,4-8H2,1-3H3. The Morgan fingerprint density at radius 1 is 1.24 bits per heavy atom. The minimum atomic E-state index is -0.474. The number of nitrogens with zero attached hydrogens (tertiary/aromatic N) is 3. The zero-order valence-electron chi connectivity index (χ0n) is 12.9. The smallest absolute Gasteiger partial charge is 0.410 e. The van der Waals surface area contributed by atoms with Gasteiger partial charge in [-0.25, -0.2) is 4.79 Å². The summed E-state index contributed by atoms with van der Waals surface area (Å²) in [6.45, 7) is 8.41. The number of carbonyl (C=O) groups excluding carboxylic acids is 1. The maximum absolute atomic E-state index is 12.1. The van der Waals surface area contributed by atoms with Crippen LogP contribution in [0.1, 0.15) is 27.2 Å². The Morgan fingerprint density at radius 2 is 2.00 bits per heavy atom. The zero-order chi connectivity index (χ0) is 15.5. The predicted molar refractivity (Wildman–Crippen MR) is 80.5 cm³/mol. The highest BCUT2D eigenvalue weighted by Crippen LogP contribution is 2.20. The van der Waals surface area contributed by atoms with E-state index in [4.69, 9.17) is 4.74 Å². The van der Waals surface area contributed by atoms with E-state index >= 15 is 0 Å². The van der Waals surface area contributed by atoms with Gasteiger partial charge in [0.05, 0.1) is 18.1 Å². The van der Waals surface area contributed by atoms with Crippen LogP contribution in [0.25, 0.3) is 0 Å². The Morgan fingerprint density at radius 3 is 2.67 bits per heavy atom. The molecule has 1 fully saturated rings. The van der Waals surface area contributed by atoms with Crippen LogP contribution < -0.4 is 4.90 Å². The topological polar surface area (TPSA) is 65.9 Å². The third-order valence-electron chi connectivity index (χ3n) is 3.22. The van der Waals surface area contributed by atoms with E-state index in [9.17, 15) is 9.90 Å². The summed E-state index contributed by atoms with van der Waals surface area (Å²) in [6.07, 6.45) is 3.73. The quantitative estimate of drug-likeness (QED) is 0.860. The second kappa shape index (κ2) is 6.20. The van der Waals surface area contributed by atoms with Gasteiger partial charge in [-0.1, -0.05) is 0 Å². The van der Waals surface area contributed by atoms with E-state index in [1.807, 2.05) is 20.8 Å². The molecule has 1 N–H and O–H groups in total. The average molecular weight is 293 g/mol. The van der Waals surface area contributed by atoms with Gasteiger partial charge >= 0.3 is 6.09 Å². The first-order valence-corrected chi connectivity index (χ1v) is 7.22. The molecule has 0 bridgehead atoms. The largest absolute Gasteiger partial charge is 0.506 e. The maximum atomic E-state index is 12.1. The minimum Gasteiger partial charge on any atom is -0.506 e. The number of aromatic hydroxyl groups is 1. The van der Waals surface area contributed by atoms with Crippen LogP contribution in [0.2, 0.25) is 0 Å². The average Bonchev–Trinajstić information content (AvgIpc) is 2.62. The molecule has 1 aliphatic heterocycles. The van der Waals surface area contributed by atoms with Crippen molar-refractivity contribution in [3.05, 3.63) is 18.5 Å². The fraction of sp³-hybridized carbons (Fsp3) is 0.600. The number of rotatable bonds is 1. The maximum Gasteiger partial charge on any atom is 0.410 e. The molecule has 0 aromatic carbocycles. The van der Waals surface area contributed by atoms with Crippen molar-refractivity contribution < 1.29 is 14.6 Å². The van der Waals surface area contributed by atoms with Crippen molar-refractivity contribution in [1.82, 2.24) is 9.88 Å². The molecule has 0 unspecified atom stereocenters. The molecule has 0 atom stereocenters. The van der Waals surface area contributed by atoms with Gasteiger partial charge in [0.2, 0.25) is 0 Å². The Labute approximate surface area is 125 Å². The van der Waals surface area contributed by atoms with Crippen molar-refractivity contribution in [2.45, 2.75) is 32.8 Å². The number of aromatic nitrogens is 1. The Bertz CT molecular complexity index is 499. The van der Waals surface area contributed by atoms with E-state index in [0.29, 0.717) is 19.6 Å². The van der Waals surface area contributed by atoms with Crippen LogP contribution in [0.4, 0.5) is 10.5 Å². The molecule has 0 saturated carbocycles. The number of pyridine rings is 1. The van der Waals surface area contributed by atoms with Crippen LogP contribution in [0.5, 0.6) is 5.75 Å². The van der Waals surface area contributed by atoms with E-state index in [1.54, 1.807) is 17.2 Å². The number of hydrogen-bond acceptors (Lipinski definition) is 5. The molecular formula is C15H23N3O3. The Hall–Kier alpha value is -1.98. The van der Waals surface area contributed by atoms with Crippen molar-refractivity contribution >= 4 is 11.8 Å². The molecule has 2 heterocycles. The van der Waals surface area contributed by atoms with Crippen LogP contribution in [0, 0.1) is 0 Å². The molecule has 1 aliphatic rings. The molecule has 116 valence electrons. The number of hydrogen-bond donors (Lipinski definition) is 1. The van der Waals surface area contributed by atoms with Crippen LogP contribution in [-0.4, -0.2) is 52.9 Å². The number of carbonyl (C=O) groups is 1. The first-order chi connectivity index (χ1) is 9.85. The lowest BCUT2D eigenvalue weighted by atomic mass is 10.2. The molecule has 0 spiro atoms. The van der Waals surface area contributed by atoms with E-state index < -0.39 is 5.60 Å². The summed E-state index contributed by atoms with van der Waals surface area (Å²) in [5, 5.41) is 9.51. The van der Waals surface area contributed by atoms with Gasteiger partial charge in [0.1, 0.15) is 11.4 Å². The monoisotopic (exact) mass is 293 g/mol. The number of ether oxygens (including phenoxy) is 1. The molecule has 1 saturated heterocycles. The molecular weight excluding hydrogens is 270 g/mol. The fourth-order valence-corrected chi connectivity index (χ4v) is 2.27. The SMILES string of the molecule is CC(C)(C)OC(=O)N1CCCN(c2cncc(O)c2)CC1. The Balaban J connectivity index is 1.97. The van der Waals surface area contributed by atoms with E-state index in [-0.39, 0.29) is 11.8 Å². The summed E-state index contributed by atoms with van der Waals surface area (Å²) >= 11 is 0. The molecule has 0 aliphatic carbocycles. The summed E-state index contributed by atoms with van der Waals surface area (Å²) in [5.41, 5.74) is 0.402. The zero-order valence-corrected chi connectivity index (χ0v) is 12.9. The van der Waals surface area contributed by atoms with Crippen molar-refractivity contribution in [1.29, 1.82) is 0 Å². The lowest BCUT2D eigenvalue weighted by Crippen LogP contribution is -2.39. The van der Waals surface area contributed by atoms with Gasteiger partial charge < -0.3 is 19.6 Å². The van der Waals surface area contributed by atoms with E-state index in [1.165, 1.54) is 6.20 Å². The van der Waals surface area contributed by atoms with Crippen molar-refractivity contribution in [2.75, 3.05) is 31.1 Å². The van der Waals surface area contributed by atoms with Gasteiger partial charge in [-0.3, -0.25) is 4.98 Å². The molecule has 6 heteroatoms. The number of anilines is 1. The summed E-state index contributed by atoms with van der Waals surface area (Å²) < 4.78 is 5.41. The van der Waals surface area contributed by atoms with Gasteiger partial charge in [-0.2, -0.15) is 0 Å². The van der Waals surface area contributed by atoms with Crippen LogP contribution in [-0.2, 0) is 4.74 Å². The van der Waals surface area contributed by atoms with Crippen LogP contribution >= 0.6 is 0 Å². The van der Waals surface area contributed by atoms with E-state index in [2.05, 4.69) is 9.88 Å². The van der Waals surface area contributed by atoms with Crippen molar-refractivity contribution in [3.63, 3.8) is 0 Å². The van der Waals surface area contributed by atoms with Gasteiger partial charge in [-0.05, 0) is 27.2 Å². The summed E-state index contributed by atoms with van der Waals surface area (Å²) in [5.74, 6) is 0.153. The Kier molecular flexibility index (Phi) is 4.55. The highest BCUT2D eigenvalue weighted by molar-refractivity contribution is 5.68. The highest BCUT2D eigenvalue weighted by atomic mass is 16.6. The lowest BCUT2D eigenvalue weighted by Gasteiger charge is -2.26. The first-order valence-electron chi connectivity index (χ1n) is 7.22. The van der Waals surface area contributed by atoms with Gasteiger partial charge in [0.25, 0.3) is 0 Å². The molecule has 21 heavy (non-hydrogen) atoms. The third-order valence-corrected chi connectivity index (χ3v) is 3.22. The van der Waals surface area contributed by atoms with Gasteiger partial charge in [0, 0.05) is 32.2 Å². The molecule has 0 radical (unpaired) electrons. The summed E-state index contributed by atoms with van der Waals surface area (Å²) in [7, 11) is 0. The molecule has 2 rings (SSSR count). The summed E-state index contributed by atoms with van der Waals surface area (Å²) in [6, 6.07) is 1.69. The summed E-state index contributed by atoms with van der Waals surface area (Å²) in [4.78, 5) is 20.0. The van der Waals surface area contributed by atoms with Crippen molar-refractivity contribution in [3.8, 4) is 5.75 Å². The highest BCUT2D eigenvalue weighted by Gasteiger charge is 2.24. The van der Waals surface area contributed by atoms with E-state index in [0.717, 1.165) is 18.7 Å². The fourth-order valence-electron chi connectivity index (χ4n) is 2.27.